The molecule has 1 heterocycles. The van der Waals surface area contributed by atoms with Crippen molar-refractivity contribution in [1.29, 1.82) is 0 Å². The molecule has 3 aromatic rings. The minimum absolute atomic E-state index is 0.0400. The predicted octanol–water partition coefficient (Wildman–Crippen LogP) is 6.29. The van der Waals surface area contributed by atoms with E-state index < -0.39 is 36.0 Å². The molecule has 6 nitrogen and oxygen atoms in total. The number of halogens is 5. The molecule has 11 heteroatoms. The lowest BCUT2D eigenvalue weighted by molar-refractivity contribution is -0.0869. The molecule has 0 saturated heterocycles. The summed E-state index contributed by atoms with van der Waals surface area (Å²) in [4.78, 5) is 21.2. The van der Waals surface area contributed by atoms with Gasteiger partial charge in [-0.2, -0.15) is 13.2 Å². The Bertz CT molecular complexity index is 1310. The number of amides is 1. The zero-order valence-electron chi connectivity index (χ0n) is 18.1. The van der Waals surface area contributed by atoms with E-state index in [1.165, 1.54) is 17.7 Å². The van der Waals surface area contributed by atoms with E-state index in [-0.39, 0.29) is 23.7 Å². The Labute approximate surface area is 200 Å². The van der Waals surface area contributed by atoms with Crippen molar-refractivity contribution >= 4 is 50.2 Å². The minimum Gasteiger partial charge on any atom is -0.496 e. The van der Waals surface area contributed by atoms with Gasteiger partial charge in [0, 0.05) is 29.7 Å². The summed E-state index contributed by atoms with van der Waals surface area (Å²) >= 11 is 3.33. The van der Waals surface area contributed by atoms with Crippen LogP contribution in [0.25, 0.3) is 11.0 Å². The van der Waals surface area contributed by atoms with E-state index in [1.807, 2.05) is 0 Å². The van der Waals surface area contributed by atoms with Crippen LogP contribution in [0.1, 0.15) is 23.2 Å². The van der Waals surface area contributed by atoms with E-state index in [9.17, 15) is 22.4 Å². The van der Waals surface area contributed by atoms with Gasteiger partial charge in [0.15, 0.2) is 0 Å². The molecule has 1 aromatic heterocycles. The second-order valence-electron chi connectivity index (χ2n) is 7.68. The molecule has 1 aliphatic rings. The Hall–Kier alpha value is -3.21. The monoisotopic (exact) mass is 538 g/mol. The Morgan fingerprint density at radius 3 is 2.62 bits per heavy atom. The van der Waals surface area contributed by atoms with Crippen molar-refractivity contribution in [1.82, 2.24) is 9.55 Å². The van der Waals surface area contributed by atoms with Gasteiger partial charge < -0.3 is 14.6 Å². The average molecular weight is 539 g/mol. The van der Waals surface area contributed by atoms with Crippen molar-refractivity contribution in [3.8, 4) is 5.75 Å². The molecule has 34 heavy (non-hydrogen) atoms. The maximum Gasteiger partial charge on any atom is 0.417 e. The van der Waals surface area contributed by atoms with E-state index in [0.717, 1.165) is 10.5 Å². The van der Waals surface area contributed by atoms with Crippen LogP contribution >= 0.6 is 15.9 Å². The number of carbonyl (C=O) groups excluding carboxylic acids is 1. The summed E-state index contributed by atoms with van der Waals surface area (Å²) in [6.45, 7) is 0. The molecule has 1 aliphatic carbocycles. The maximum atomic E-state index is 13.9. The number of aromatic nitrogens is 2. The summed E-state index contributed by atoms with van der Waals surface area (Å²) < 4.78 is 61.8. The highest BCUT2D eigenvalue weighted by atomic mass is 79.9. The van der Waals surface area contributed by atoms with E-state index in [4.69, 9.17) is 4.74 Å². The number of hydrogen-bond donors (Lipinski definition) is 1. The Morgan fingerprint density at radius 1 is 1.26 bits per heavy atom. The molecule has 0 radical (unpaired) electrons. The third-order valence-corrected chi connectivity index (χ3v) is 5.90. The molecule has 0 aliphatic heterocycles. The highest BCUT2D eigenvalue weighted by Crippen LogP contribution is 2.35. The van der Waals surface area contributed by atoms with Gasteiger partial charge >= 0.3 is 6.18 Å². The Balaban J connectivity index is 1.74. The van der Waals surface area contributed by atoms with Crippen LogP contribution in [0.15, 0.2) is 57.5 Å². The van der Waals surface area contributed by atoms with Crippen molar-refractivity contribution in [2.75, 3.05) is 12.4 Å². The van der Waals surface area contributed by atoms with Crippen LogP contribution in [-0.2, 0) is 7.05 Å². The van der Waals surface area contributed by atoms with Crippen LogP contribution in [0.3, 0.4) is 0 Å². The Morgan fingerprint density at radius 2 is 1.97 bits per heavy atom. The fourth-order valence-corrected chi connectivity index (χ4v) is 3.92. The molecule has 2 aromatic carbocycles. The molecule has 0 spiro atoms. The zero-order chi connectivity index (χ0) is 24.6. The number of alkyl halides is 4. The van der Waals surface area contributed by atoms with Gasteiger partial charge in [0.25, 0.3) is 5.91 Å². The van der Waals surface area contributed by atoms with Gasteiger partial charge in [0.2, 0.25) is 5.95 Å². The number of anilines is 1. The number of benzene rings is 2. The molecule has 178 valence electrons. The predicted molar refractivity (Wildman–Crippen MR) is 125 cm³/mol. The van der Waals surface area contributed by atoms with Crippen LogP contribution in [0.2, 0.25) is 0 Å². The van der Waals surface area contributed by atoms with E-state index in [0.29, 0.717) is 16.7 Å². The number of nitrogens with zero attached hydrogens (tertiary/aromatic N) is 3. The first-order chi connectivity index (χ1) is 16.1. The summed E-state index contributed by atoms with van der Waals surface area (Å²) in [5, 5.41) is 2.76. The van der Waals surface area contributed by atoms with Crippen molar-refractivity contribution < 1.29 is 27.1 Å². The number of allylic oxidation sites excluding steroid dienone is 2. The molecule has 0 bridgehead atoms. The summed E-state index contributed by atoms with van der Waals surface area (Å²) in [6.07, 6.45) is -6.05. The molecule has 1 N–H and O–H groups in total. The van der Waals surface area contributed by atoms with Gasteiger partial charge in [-0.05, 0) is 36.8 Å². The van der Waals surface area contributed by atoms with Gasteiger partial charge in [-0.3, -0.25) is 4.79 Å². The summed E-state index contributed by atoms with van der Waals surface area (Å²) in [7, 11) is 2.97. The highest BCUT2D eigenvalue weighted by molar-refractivity contribution is 9.10. The fourth-order valence-electron chi connectivity index (χ4n) is 3.66. The van der Waals surface area contributed by atoms with Crippen LogP contribution in [0, 0.1) is 0 Å². The number of ether oxygens (including phenoxy) is 1. The molecule has 1 atom stereocenters. The lowest BCUT2D eigenvalue weighted by Crippen LogP contribution is -2.26. The third kappa shape index (κ3) is 4.84. The third-order valence-electron chi connectivity index (χ3n) is 5.37. The van der Waals surface area contributed by atoms with Crippen molar-refractivity contribution in [3.63, 3.8) is 0 Å². The van der Waals surface area contributed by atoms with Gasteiger partial charge in [0.05, 0.1) is 35.0 Å². The largest absolute Gasteiger partial charge is 0.496 e. The number of rotatable bonds is 4. The van der Waals surface area contributed by atoms with Crippen molar-refractivity contribution in [2.24, 2.45) is 12.0 Å². The van der Waals surface area contributed by atoms with Crippen LogP contribution in [0.4, 0.5) is 29.2 Å². The quantitative estimate of drug-likeness (QED) is 0.397. The van der Waals surface area contributed by atoms with Crippen LogP contribution in [-0.4, -0.2) is 40.6 Å². The summed E-state index contributed by atoms with van der Waals surface area (Å²) in [5.41, 5.74) is 0.196. The van der Waals surface area contributed by atoms with Gasteiger partial charge in [0.1, 0.15) is 11.9 Å². The van der Waals surface area contributed by atoms with Crippen molar-refractivity contribution in [2.45, 2.75) is 25.2 Å². The van der Waals surface area contributed by atoms with Crippen LogP contribution < -0.4 is 10.1 Å². The second kappa shape index (κ2) is 9.21. The van der Waals surface area contributed by atoms with E-state index in [2.05, 4.69) is 31.2 Å². The summed E-state index contributed by atoms with van der Waals surface area (Å²) in [5.74, 6) is -0.238. The van der Waals surface area contributed by atoms with Crippen molar-refractivity contribution in [3.05, 3.63) is 58.1 Å². The lowest BCUT2D eigenvalue weighted by atomic mass is 9.95. The normalized spacial score (nSPS) is 17.7. The number of nitrogens with one attached hydrogen (secondary N) is 1. The van der Waals surface area contributed by atoms with Gasteiger partial charge in [-0.15, -0.1) is 0 Å². The second-order valence-corrected chi connectivity index (χ2v) is 8.60. The fraction of sp³-hybridized carbons (Fsp3) is 0.261. The number of imidazole rings is 1. The molecule has 4 rings (SSSR count). The highest BCUT2D eigenvalue weighted by Gasteiger charge is 2.39. The molecule has 0 fully saturated rings. The first-order valence-corrected chi connectivity index (χ1v) is 11.0. The number of aliphatic imine (C=N–C) groups is 1. The Kier molecular flexibility index (Phi) is 6.48. The summed E-state index contributed by atoms with van der Waals surface area (Å²) in [6, 6.07) is 10.0. The minimum atomic E-state index is -4.65. The van der Waals surface area contributed by atoms with Gasteiger partial charge in [-0.25, -0.2) is 14.4 Å². The molecule has 0 saturated carbocycles. The van der Waals surface area contributed by atoms with Gasteiger partial charge in [-0.1, -0.05) is 22.0 Å². The molecule has 1 unspecified atom stereocenters. The lowest BCUT2D eigenvalue weighted by Gasteiger charge is -2.20. The molecular weight excluding hydrogens is 520 g/mol. The first-order valence-electron chi connectivity index (χ1n) is 10.2. The standard InChI is InChI=1S/C23H19BrF4N4O2/c1-32-19-11-20(34-2)15(21(33)29-14-6-3-12(24)4-7-14)10-18(19)31-22(32)30-17-9-13(25)5-8-16(17)23(26,27)28/h3-4,6-8,10-11,13H,5,9H2,1-2H3,(H,29,33). The first kappa shape index (κ1) is 23.9. The number of hydrogen-bond acceptors (Lipinski definition) is 4. The number of aryl methyl sites for hydroxylation is 1. The smallest absolute Gasteiger partial charge is 0.417 e. The SMILES string of the molecule is COc1cc2c(cc1C(=O)Nc1ccc(Br)cc1)nc(N=C1CC(F)CC=C1C(F)(F)F)n2C. The number of carbonyl (C=O) groups is 1. The number of fused-ring (bicyclic) bond motifs is 1. The average Bonchev–Trinajstić information content (AvgIpc) is 3.08. The maximum absolute atomic E-state index is 13.9. The molecule has 1 amide bonds. The van der Waals surface area contributed by atoms with Crippen LogP contribution in [0.5, 0.6) is 5.75 Å². The van der Waals surface area contributed by atoms with E-state index >= 15 is 0 Å². The van der Waals surface area contributed by atoms with E-state index in [1.54, 1.807) is 37.4 Å². The number of methoxy groups -OCH3 is 1. The zero-order valence-corrected chi connectivity index (χ0v) is 19.7. The topological polar surface area (TPSA) is 68.5 Å². The molecular formula is C23H19BrF4N4O2.